The van der Waals surface area contributed by atoms with Crippen LogP contribution < -0.4 is 4.74 Å². The molecule has 0 bridgehead atoms. The van der Waals surface area contributed by atoms with Crippen molar-refractivity contribution in [3.63, 3.8) is 0 Å². The number of aromatic nitrogens is 3. The summed E-state index contributed by atoms with van der Waals surface area (Å²) in [5.41, 5.74) is 3.78. The molecule has 0 unspecified atom stereocenters. The van der Waals surface area contributed by atoms with Crippen LogP contribution >= 0.6 is 0 Å². The lowest BCUT2D eigenvalue weighted by Crippen LogP contribution is -2.31. The molecule has 7 heteroatoms. The Morgan fingerprint density at radius 3 is 2.74 bits per heavy atom. The van der Waals surface area contributed by atoms with Crippen LogP contribution in [0.25, 0.3) is 11.4 Å². The average Bonchev–Trinajstić information content (AvgIpc) is 2.69. The SMILES string of the molecule is FC(F)Oc1ccccc1CN1CCc2nc(-c3ccncc3)ncc2C1. The molecule has 0 saturated heterocycles. The molecule has 0 fully saturated rings. The van der Waals surface area contributed by atoms with Crippen LogP contribution in [0.5, 0.6) is 5.75 Å². The van der Waals surface area contributed by atoms with Crippen LogP contribution in [0.4, 0.5) is 8.78 Å². The van der Waals surface area contributed by atoms with E-state index in [1.807, 2.05) is 30.5 Å². The highest BCUT2D eigenvalue weighted by Crippen LogP contribution is 2.25. The van der Waals surface area contributed by atoms with Gasteiger partial charge in [-0.25, -0.2) is 9.97 Å². The van der Waals surface area contributed by atoms with E-state index in [-0.39, 0.29) is 5.75 Å². The van der Waals surface area contributed by atoms with Gasteiger partial charge in [-0.3, -0.25) is 9.88 Å². The average molecular weight is 368 g/mol. The van der Waals surface area contributed by atoms with Gasteiger partial charge in [0.2, 0.25) is 0 Å². The highest BCUT2D eigenvalue weighted by Gasteiger charge is 2.20. The number of hydrogen-bond acceptors (Lipinski definition) is 5. The Hall–Kier alpha value is -2.93. The summed E-state index contributed by atoms with van der Waals surface area (Å²) in [6, 6.07) is 10.7. The Kier molecular flexibility index (Phi) is 5.02. The molecule has 27 heavy (non-hydrogen) atoms. The maximum absolute atomic E-state index is 12.6. The summed E-state index contributed by atoms with van der Waals surface area (Å²) >= 11 is 0. The minimum absolute atomic E-state index is 0.225. The molecule has 4 rings (SSSR count). The number of ether oxygens (including phenoxy) is 1. The molecule has 0 saturated carbocycles. The molecule has 3 aromatic rings. The number of halogens is 2. The maximum atomic E-state index is 12.6. The van der Waals surface area contributed by atoms with Crippen LogP contribution in [0.2, 0.25) is 0 Å². The monoisotopic (exact) mass is 368 g/mol. The predicted octanol–water partition coefficient (Wildman–Crippen LogP) is 3.70. The van der Waals surface area contributed by atoms with Gasteiger partial charge in [0.15, 0.2) is 5.82 Å². The Morgan fingerprint density at radius 1 is 1.11 bits per heavy atom. The summed E-state index contributed by atoms with van der Waals surface area (Å²) in [6.07, 6.45) is 6.08. The van der Waals surface area contributed by atoms with Crippen LogP contribution in [0, 0.1) is 0 Å². The number of nitrogens with zero attached hydrogens (tertiary/aromatic N) is 4. The van der Waals surface area contributed by atoms with E-state index in [2.05, 4.69) is 19.6 Å². The summed E-state index contributed by atoms with van der Waals surface area (Å²) in [6.45, 7) is -0.820. The van der Waals surface area contributed by atoms with Crippen molar-refractivity contribution in [3.05, 3.63) is 71.8 Å². The second kappa shape index (κ2) is 7.75. The van der Waals surface area contributed by atoms with Crippen molar-refractivity contribution in [2.24, 2.45) is 0 Å². The first-order valence-corrected chi connectivity index (χ1v) is 8.69. The van der Waals surface area contributed by atoms with Gasteiger partial charge in [0, 0.05) is 61.3 Å². The largest absolute Gasteiger partial charge is 0.434 e. The lowest BCUT2D eigenvalue weighted by molar-refractivity contribution is -0.0508. The molecule has 1 aliphatic heterocycles. The topological polar surface area (TPSA) is 51.1 Å². The minimum atomic E-state index is -2.83. The fourth-order valence-corrected chi connectivity index (χ4v) is 3.24. The minimum Gasteiger partial charge on any atom is -0.434 e. The van der Waals surface area contributed by atoms with Crippen LogP contribution in [0.3, 0.4) is 0 Å². The van der Waals surface area contributed by atoms with E-state index in [1.54, 1.807) is 24.5 Å². The van der Waals surface area contributed by atoms with Gasteiger partial charge in [-0.15, -0.1) is 0 Å². The van der Waals surface area contributed by atoms with Crippen molar-refractivity contribution in [2.75, 3.05) is 6.54 Å². The molecule has 138 valence electrons. The Bertz CT molecular complexity index is 921. The van der Waals surface area contributed by atoms with Crippen LogP contribution in [0.15, 0.2) is 55.0 Å². The third-order valence-corrected chi connectivity index (χ3v) is 4.53. The van der Waals surface area contributed by atoms with Gasteiger partial charge in [-0.05, 0) is 18.2 Å². The third kappa shape index (κ3) is 4.09. The Balaban J connectivity index is 1.50. The number of benzene rings is 1. The molecule has 1 aliphatic rings. The van der Waals surface area contributed by atoms with Crippen LogP contribution in [-0.4, -0.2) is 33.0 Å². The highest BCUT2D eigenvalue weighted by atomic mass is 19.3. The predicted molar refractivity (Wildman–Crippen MR) is 96.2 cm³/mol. The zero-order valence-corrected chi connectivity index (χ0v) is 14.6. The van der Waals surface area contributed by atoms with Crippen molar-refractivity contribution in [2.45, 2.75) is 26.1 Å². The van der Waals surface area contributed by atoms with E-state index in [0.29, 0.717) is 18.9 Å². The molecule has 0 radical (unpaired) electrons. The number of fused-ring (bicyclic) bond motifs is 1. The third-order valence-electron chi connectivity index (χ3n) is 4.53. The van der Waals surface area contributed by atoms with Crippen molar-refractivity contribution in [1.29, 1.82) is 0 Å². The molecule has 0 aliphatic carbocycles. The summed E-state index contributed by atoms with van der Waals surface area (Å²) in [4.78, 5) is 15.4. The van der Waals surface area contributed by atoms with E-state index in [4.69, 9.17) is 4.98 Å². The molecule has 0 spiro atoms. The van der Waals surface area contributed by atoms with Crippen molar-refractivity contribution in [1.82, 2.24) is 19.9 Å². The number of hydrogen-bond donors (Lipinski definition) is 0. The second-order valence-electron chi connectivity index (χ2n) is 6.35. The van der Waals surface area contributed by atoms with Gasteiger partial charge in [-0.1, -0.05) is 18.2 Å². The van der Waals surface area contributed by atoms with Crippen molar-refractivity contribution < 1.29 is 13.5 Å². The summed E-state index contributed by atoms with van der Waals surface area (Å²) in [5, 5.41) is 0. The molecule has 5 nitrogen and oxygen atoms in total. The first-order chi connectivity index (χ1) is 13.2. The van der Waals surface area contributed by atoms with E-state index < -0.39 is 6.61 Å². The standard InChI is InChI=1S/C20H18F2N4O/c21-20(22)27-18-4-2-1-3-15(18)12-26-10-7-17-16(13-26)11-24-19(25-17)14-5-8-23-9-6-14/h1-6,8-9,11,20H,7,10,12-13H2. The van der Waals surface area contributed by atoms with Gasteiger partial charge >= 0.3 is 6.61 Å². The summed E-state index contributed by atoms with van der Waals surface area (Å²) in [7, 11) is 0. The smallest absolute Gasteiger partial charge is 0.387 e. The normalized spacial score (nSPS) is 14.2. The quantitative estimate of drug-likeness (QED) is 0.687. The van der Waals surface area contributed by atoms with Crippen molar-refractivity contribution in [3.8, 4) is 17.1 Å². The fourth-order valence-electron chi connectivity index (χ4n) is 3.24. The molecule has 0 N–H and O–H groups in total. The molecule has 3 heterocycles. The lowest BCUT2D eigenvalue weighted by Gasteiger charge is -2.28. The summed E-state index contributed by atoms with van der Waals surface area (Å²) < 4.78 is 29.8. The number of alkyl halides is 2. The molecule has 1 aromatic carbocycles. The van der Waals surface area contributed by atoms with E-state index in [9.17, 15) is 8.78 Å². The molecule has 0 amide bonds. The van der Waals surface area contributed by atoms with E-state index in [1.165, 1.54) is 0 Å². The van der Waals surface area contributed by atoms with E-state index in [0.717, 1.165) is 35.3 Å². The lowest BCUT2D eigenvalue weighted by atomic mass is 10.1. The highest BCUT2D eigenvalue weighted by molar-refractivity contribution is 5.54. The zero-order valence-electron chi connectivity index (χ0n) is 14.6. The van der Waals surface area contributed by atoms with Gasteiger partial charge in [0.25, 0.3) is 0 Å². The first kappa shape index (κ1) is 17.5. The van der Waals surface area contributed by atoms with Crippen LogP contribution in [-0.2, 0) is 19.5 Å². The second-order valence-corrected chi connectivity index (χ2v) is 6.35. The zero-order chi connectivity index (χ0) is 18.6. The number of pyridine rings is 1. The maximum Gasteiger partial charge on any atom is 0.387 e. The molecule has 0 atom stereocenters. The molecule has 2 aromatic heterocycles. The van der Waals surface area contributed by atoms with Crippen molar-refractivity contribution >= 4 is 0 Å². The summed E-state index contributed by atoms with van der Waals surface area (Å²) in [5.74, 6) is 0.919. The van der Waals surface area contributed by atoms with Crippen LogP contribution in [0.1, 0.15) is 16.8 Å². The fraction of sp³-hybridized carbons (Fsp3) is 0.250. The van der Waals surface area contributed by atoms with Gasteiger partial charge in [0.1, 0.15) is 5.75 Å². The molecular weight excluding hydrogens is 350 g/mol. The number of para-hydroxylation sites is 1. The van der Waals surface area contributed by atoms with Gasteiger partial charge in [-0.2, -0.15) is 8.78 Å². The van der Waals surface area contributed by atoms with Gasteiger partial charge in [0.05, 0.1) is 5.69 Å². The number of rotatable bonds is 5. The van der Waals surface area contributed by atoms with Gasteiger partial charge < -0.3 is 4.74 Å². The Labute approximate surface area is 155 Å². The Morgan fingerprint density at radius 2 is 1.93 bits per heavy atom. The van der Waals surface area contributed by atoms with E-state index >= 15 is 0 Å². The first-order valence-electron chi connectivity index (χ1n) is 8.69. The molecular formula is C20H18F2N4O.